The van der Waals surface area contributed by atoms with E-state index in [1.54, 1.807) is 0 Å². The summed E-state index contributed by atoms with van der Waals surface area (Å²) in [6.45, 7) is 8.93. The Bertz CT molecular complexity index is 172. The second-order valence-corrected chi connectivity index (χ2v) is 4.91. The van der Waals surface area contributed by atoms with E-state index in [0.717, 1.165) is 13.0 Å². The predicted molar refractivity (Wildman–Crippen MR) is 69.9 cm³/mol. The number of nitrogens with zero attached hydrogens (tertiary/aromatic N) is 3. The average Bonchev–Trinajstić information content (AvgIpc) is 2.29. The molecule has 0 amide bonds. The van der Waals surface area contributed by atoms with Crippen molar-refractivity contribution >= 4 is 0 Å². The van der Waals surface area contributed by atoms with Crippen LogP contribution < -0.4 is 0 Å². The van der Waals surface area contributed by atoms with E-state index in [9.17, 15) is 0 Å². The van der Waals surface area contributed by atoms with Crippen molar-refractivity contribution in [2.24, 2.45) is 0 Å². The fourth-order valence-electron chi connectivity index (χ4n) is 2.10. The van der Waals surface area contributed by atoms with Gasteiger partial charge in [-0.2, -0.15) is 0 Å². The minimum Gasteiger partial charge on any atom is -0.677 e. The summed E-state index contributed by atoms with van der Waals surface area (Å²) in [7, 11) is 4.37. The molecule has 0 bridgehead atoms. The standard InChI is InChI=1S/C12H27N4.Rf/c1-14(6-3-5-13)7-4-8-16-11-9-15(2)10-12-16;/h13H,3-12H2,1-2H3;/q-1;. The van der Waals surface area contributed by atoms with Crippen LogP contribution in [0.25, 0.3) is 5.73 Å². The van der Waals surface area contributed by atoms with E-state index >= 15 is 0 Å². The number of piperazine rings is 1. The maximum atomic E-state index is 7.11. The molecule has 5 heteroatoms. The molecule has 0 aromatic rings. The molecule has 1 rings (SSSR count). The number of nitrogens with one attached hydrogen (secondary N) is 1. The van der Waals surface area contributed by atoms with Gasteiger partial charge in [-0.15, -0.1) is 6.54 Å². The van der Waals surface area contributed by atoms with Crippen LogP contribution in [0.2, 0.25) is 0 Å². The Labute approximate surface area is 100 Å². The predicted octanol–water partition coefficient (Wildman–Crippen LogP) is 0.998. The Morgan fingerprint density at radius 1 is 1.06 bits per heavy atom. The first kappa shape index (κ1) is 15.8. The Hall–Kier alpha value is -1.16. The smallest absolute Gasteiger partial charge is 0.0110 e. The zero-order valence-corrected chi connectivity index (χ0v) is 18.0. The zero-order chi connectivity index (χ0) is 11.8. The van der Waals surface area contributed by atoms with Gasteiger partial charge in [-0.1, -0.05) is 6.42 Å². The van der Waals surface area contributed by atoms with Gasteiger partial charge >= 0.3 is 0 Å². The van der Waals surface area contributed by atoms with E-state index in [4.69, 9.17) is 5.73 Å². The molecule has 1 fully saturated rings. The van der Waals surface area contributed by atoms with Gasteiger partial charge in [0, 0.05) is 26.2 Å². The van der Waals surface area contributed by atoms with Crippen molar-refractivity contribution < 1.29 is 0 Å². The normalized spacial score (nSPS) is 18.4. The van der Waals surface area contributed by atoms with Crippen molar-refractivity contribution in [1.29, 1.82) is 0 Å². The molecule has 0 aliphatic carbocycles. The third kappa shape index (κ3) is 6.89. The molecule has 1 saturated heterocycles. The van der Waals surface area contributed by atoms with Crippen molar-refractivity contribution in [2.75, 3.05) is 66.5 Å². The average molecular weight is 494 g/mol. The van der Waals surface area contributed by atoms with E-state index in [0.29, 0.717) is 6.54 Å². The fraction of sp³-hybridized carbons (Fsp3) is 1.00. The quantitative estimate of drug-likeness (QED) is 0.530. The third-order valence-electron chi connectivity index (χ3n) is 3.33. The van der Waals surface area contributed by atoms with Gasteiger partial charge in [-0.3, -0.25) is 0 Å². The van der Waals surface area contributed by atoms with Crippen molar-refractivity contribution in [1.82, 2.24) is 14.7 Å². The molecule has 0 atom stereocenters. The summed E-state index contributed by atoms with van der Waals surface area (Å²) in [6.07, 6.45) is 2.27. The first-order valence-electron chi connectivity index (χ1n) is 6.46. The molecule has 98 valence electrons. The van der Waals surface area contributed by atoms with Crippen LogP contribution in [0.15, 0.2) is 0 Å². The van der Waals surface area contributed by atoms with Crippen LogP contribution >= 0.6 is 0 Å². The van der Waals surface area contributed by atoms with Crippen molar-refractivity contribution in [3.63, 3.8) is 0 Å². The summed E-state index contributed by atoms with van der Waals surface area (Å²) in [5.74, 6) is 0. The summed E-state index contributed by atoms with van der Waals surface area (Å²) in [4.78, 5) is 7.32. The summed E-state index contributed by atoms with van der Waals surface area (Å²) < 4.78 is 0. The van der Waals surface area contributed by atoms with Crippen LogP contribution in [0.1, 0.15) is 12.8 Å². The van der Waals surface area contributed by atoms with E-state index in [-0.39, 0.29) is 0 Å². The second-order valence-electron chi connectivity index (χ2n) is 4.91. The maximum absolute atomic E-state index is 7.11. The van der Waals surface area contributed by atoms with Crippen molar-refractivity contribution in [3.8, 4) is 0 Å². The van der Waals surface area contributed by atoms with Crippen LogP contribution in [0.3, 0.4) is 0 Å². The SMILES string of the molecule is CN(CCC[NH-])CCCN1CCN(C)CC1.[Rf]. The molecule has 4 nitrogen and oxygen atoms in total. The summed E-state index contributed by atoms with van der Waals surface area (Å²) >= 11 is 0. The first-order chi connectivity index (χ1) is 7.72. The van der Waals surface area contributed by atoms with Gasteiger partial charge in [0.25, 0.3) is 0 Å². The van der Waals surface area contributed by atoms with E-state index in [2.05, 4.69) is 28.8 Å². The summed E-state index contributed by atoms with van der Waals surface area (Å²) in [5, 5.41) is 0. The molecule has 0 aromatic heterocycles. The van der Waals surface area contributed by atoms with Crippen LogP contribution in [-0.2, 0) is 0 Å². The number of likely N-dealkylation sites (N-methyl/N-ethyl adjacent to an activating group) is 1. The molecular formula is C12H27N4Rf-. The molecule has 0 radical (unpaired) electrons. The molecule has 0 spiro atoms. The maximum Gasteiger partial charge on any atom is 0.0110 e. The van der Waals surface area contributed by atoms with Gasteiger partial charge in [0.05, 0.1) is 0 Å². The second kappa shape index (κ2) is 8.93. The Kier molecular flexibility index (Phi) is 8.32. The topological polar surface area (TPSA) is 33.5 Å². The number of hydrogen-bond donors (Lipinski definition) is 0. The molecule has 1 heterocycles. The van der Waals surface area contributed by atoms with Crippen LogP contribution in [0.5, 0.6) is 0 Å². The van der Waals surface area contributed by atoms with E-state index in [1.807, 2.05) is 0 Å². The molecule has 0 unspecified atom stereocenters. The third-order valence-corrected chi connectivity index (χ3v) is 3.33. The van der Waals surface area contributed by atoms with Gasteiger partial charge in [0.15, 0.2) is 0 Å². The fourth-order valence-corrected chi connectivity index (χ4v) is 2.10. The Morgan fingerprint density at radius 3 is 2.24 bits per heavy atom. The van der Waals surface area contributed by atoms with Gasteiger partial charge in [-0.25, -0.2) is 0 Å². The van der Waals surface area contributed by atoms with Crippen LogP contribution in [0.4, 0.5) is 0 Å². The number of rotatable bonds is 7. The van der Waals surface area contributed by atoms with Gasteiger partial charge in [0.2, 0.25) is 0 Å². The van der Waals surface area contributed by atoms with Crippen molar-refractivity contribution in [3.05, 3.63) is 5.73 Å². The first-order valence-corrected chi connectivity index (χ1v) is 6.46. The zero-order valence-electron chi connectivity index (χ0n) is 11.6. The summed E-state index contributed by atoms with van der Waals surface area (Å²) in [6, 6.07) is 0. The molecule has 0 aromatic carbocycles. The minimum atomic E-state index is 0. The molecule has 17 heavy (non-hydrogen) atoms. The van der Waals surface area contributed by atoms with Crippen LogP contribution in [-0.4, -0.2) is 81.2 Å². The van der Waals surface area contributed by atoms with E-state index < -0.39 is 0 Å². The van der Waals surface area contributed by atoms with E-state index in [1.165, 1.54) is 45.7 Å². The Morgan fingerprint density at radius 2 is 1.65 bits per heavy atom. The molecular weight excluding hydrogens is 467 g/mol. The van der Waals surface area contributed by atoms with Crippen LogP contribution in [0, 0.1) is 0 Å². The molecule has 0 saturated carbocycles. The van der Waals surface area contributed by atoms with Gasteiger partial charge in [0.1, 0.15) is 0 Å². The Balaban J connectivity index is 0.00000256. The number of hydrogen-bond acceptors (Lipinski definition) is 3. The summed E-state index contributed by atoms with van der Waals surface area (Å²) in [5.41, 5.74) is 7.11. The molecule has 1 aliphatic rings. The largest absolute Gasteiger partial charge is 0.677 e. The molecule has 1 N–H and O–H groups in total. The van der Waals surface area contributed by atoms with Gasteiger partial charge < -0.3 is 20.4 Å². The monoisotopic (exact) mass is 494 g/mol. The van der Waals surface area contributed by atoms with Gasteiger partial charge in [-0.05, 0) is 40.2 Å². The van der Waals surface area contributed by atoms with Crippen molar-refractivity contribution in [2.45, 2.75) is 12.8 Å². The minimum absolute atomic E-state index is 0. The molecule has 1 aliphatic heterocycles.